The molecule has 234 valence electrons. The molecule has 0 aliphatic carbocycles. The van der Waals surface area contributed by atoms with Crippen LogP contribution in [0.2, 0.25) is 0 Å². The first-order valence-corrected chi connectivity index (χ1v) is 14.3. The molecule has 0 radical (unpaired) electrons. The number of aromatic nitrogens is 2. The Morgan fingerprint density at radius 3 is 2.70 bits per heavy atom. The molecule has 5 rings (SSSR count). The van der Waals surface area contributed by atoms with Crippen molar-refractivity contribution in [1.29, 1.82) is 0 Å². The number of aldehydes is 1. The maximum Gasteiger partial charge on any atom is 0.257 e. The van der Waals surface area contributed by atoms with Crippen molar-refractivity contribution < 1.29 is 38.4 Å². The third kappa shape index (κ3) is 6.01. The molecule has 14 nitrogen and oxygen atoms in total. The molecule has 0 spiro atoms. The average molecular weight is 610 g/mol. The van der Waals surface area contributed by atoms with Gasteiger partial charge in [0, 0.05) is 48.3 Å². The molecule has 0 fully saturated rings. The first-order chi connectivity index (χ1) is 21.3. The van der Waals surface area contributed by atoms with E-state index in [-0.39, 0.29) is 68.3 Å². The summed E-state index contributed by atoms with van der Waals surface area (Å²) in [7, 11) is 1.43. The molecule has 4 heterocycles. The van der Waals surface area contributed by atoms with Crippen molar-refractivity contribution in [2.45, 2.75) is 39.0 Å². The van der Waals surface area contributed by atoms with Crippen LogP contribution in [0.3, 0.4) is 0 Å². The number of rotatable bonds is 14. The van der Waals surface area contributed by atoms with Crippen molar-refractivity contribution in [3.8, 4) is 22.9 Å². The van der Waals surface area contributed by atoms with Gasteiger partial charge in [-0.25, -0.2) is 4.98 Å². The molecule has 2 amide bonds. The first kappa shape index (κ1) is 31.1. The molecule has 0 bridgehead atoms. The second-order valence-corrected chi connectivity index (χ2v) is 10.4. The van der Waals surface area contributed by atoms with E-state index in [1.54, 1.807) is 21.6 Å². The maximum atomic E-state index is 13.6. The molecule has 4 N–H and O–H groups in total. The lowest BCUT2D eigenvalue weighted by molar-refractivity contribution is -0.137. The smallest absolute Gasteiger partial charge is 0.257 e. The van der Waals surface area contributed by atoms with E-state index in [1.165, 1.54) is 7.11 Å². The van der Waals surface area contributed by atoms with Crippen LogP contribution in [0.1, 0.15) is 41.7 Å². The summed E-state index contributed by atoms with van der Waals surface area (Å²) in [6, 6.07) is 5.25. The Balaban J connectivity index is 1.53. The predicted octanol–water partition coefficient (Wildman–Crippen LogP) is 0.363. The molecule has 44 heavy (non-hydrogen) atoms. The molecule has 2 aliphatic heterocycles. The van der Waals surface area contributed by atoms with Crippen LogP contribution in [0.25, 0.3) is 22.3 Å². The predicted molar refractivity (Wildman–Crippen MR) is 157 cm³/mol. The van der Waals surface area contributed by atoms with Crippen LogP contribution < -0.4 is 26.1 Å². The highest BCUT2D eigenvalue weighted by atomic mass is 16.7. The molecule has 1 aromatic carbocycles. The number of hydrogen-bond acceptors (Lipinski definition) is 11. The number of benzene rings is 1. The van der Waals surface area contributed by atoms with Crippen LogP contribution in [0.5, 0.6) is 11.5 Å². The molecule has 0 saturated carbocycles. The zero-order chi connectivity index (χ0) is 31.4. The van der Waals surface area contributed by atoms with Gasteiger partial charge in [-0.3, -0.25) is 14.4 Å². The van der Waals surface area contributed by atoms with Crippen LogP contribution in [-0.2, 0) is 43.4 Å². The van der Waals surface area contributed by atoms with Gasteiger partial charge in [-0.1, -0.05) is 6.92 Å². The van der Waals surface area contributed by atoms with E-state index in [1.807, 2.05) is 13.0 Å². The van der Waals surface area contributed by atoms with Gasteiger partial charge < -0.3 is 49.4 Å². The Hall–Kier alpha value is -4.37. The number of aliphatic hydroxyl groups excluding tert-OH is 1. The van der Waals surface area contributed by atoms with E-state index in [0.717, 1.165) is 16.5 Å². The number of amides is 2. The Morgan fingerprint density at radius 2 is 2.00 bits per heavy atom. The Kier molecular flexibility index (Phi) is 9.54. The summed E-state index contributed by atoms with van der Waals surface area (Å²) in [6.07, 6.45) is 0.00876. The Morgan fingerprint density at radius 1 is 1.23 bits per heavy atom. The highest BCUT2D eigenvalue weighted by Gasteiger charge is 2.31. The molecule has 1 unspecified atom stereocenters. The number of ether oxygens (including phenoxy) is 4. The second-order valence-electron chi connectivity index (χ2n) is 10.4. The molecule has 2 aromatic heterocycles. The van der Waals surface area contributed by atoms with E-state index in [9.17, 15) is 24.3 Å². The van der Waals surface area contributed by atoms with Crippen LogP contribution in [0.4, 0.5) is 0 Å². The lowest BCUT2D eigenvalue weighted by Gasteiger charge is -2.23. The van der Waals surface area contributed by atoms with Crippen molar-refractivity contribution in [3.63, 3.8) is 0 Å². The van der Waals surface area contributed by atoms with Gasteiger partial charge in [0.25, 0.3) is 5.56 Å². The van der Waals surface area contributed by atoms with Crippen LogP contribution in [0.15, 0.2) is 23.0 Å². The zero-order valence-electron chi connectivity index (χ0n) is 24.6. The normalized spacial score (nSPS) is 13.5. The van der Waals surface area contributed by atoms with Gasteiger partial charge >= 0.3 is 0 Å². The number of pyridine rings is 2. The highest BCUT2D eigenvalue weighted by Crippen LogP contribution is 2.42. The number of nitrogens with one attached hydrogen (secondary N) is 1. The van der Waals surface area contributed by atoms with Crippen molar-refractivity contribution >= 4 is 29.0 Å². The lowest BCUT2D eigenvalue weighted by atomic mass is 9.96. The number of methoxy groups -OCH3 is 1. The third-order valence-corrected chi connectivity index (χ3v) is 7.69. The first-order valence-electron chi connectivity index (χ1n) is 14.3. The second kappa shape index (κ2) is 13.5. The van der Waals surface area contributed by atoms with E-state index >= 15 is 0 Å². The average Bonchev–Trinajstić information content (AvgIpc) is 3.64. The number of aliphatic hydroxyl groups is 1. The third-order valence-electron chi connectivity index (χ3n) is 7.69. The topological polar surface area (TPSA) is 185 Å². The van der Waals surface area contributed by atoms with Gasteiger partial charge in [0.05, 0.1) is 36.6 Å². The van der Waals surface area contributed by atoms with Crippen molar-refractivity contribution in [2.24, 2.45) is 5.73 Å². The van der Waals surface area contributed by atoms with Gasteiger partial charge in [0.2, 0.25) is 18.6 Å². The van der Waals surface area contributed by atoms with E-state index < -0.39 is 6.10 Å². The molecule has 3 aromatic rings. The largest absolute Gasteiger partial charge is 0.454 e. The van der Waals surface area contributed by atoms with Gasteiger partial charge in [-0.2, -0.15) is 0 Å². The Bertz CT molecular complexity index is 1650. The summed E-state index contributed by atoms with van der Waals surface area (Å²) >= 11 is 0. The summed E-state index contributed by atoms with van der Waals surface area (Å²) < 4.78 is 23.4. The van der Waals surface area contributed by atoms with Gasteiger partial charge in [-0.05, 0) is 30.5 Å². The number of nitrogens with two attached hydrogens (primary N) is 1. The summed E-state index contributed by atoms with van der Waals surface area (Å²) in [5.41, 5.74) is 8.54. The van der Waals surface area contributed by atoms with Crippen LogP contribution in [0, 0.1) is 0 Å². The number of fused-ring (bicyclic) bond motifs is 5. The molecule has 0 saturated heterocycles. The molecular formula is C30H35N5O9. The van der Waals surface area contributed by atoms with Crippen molar-refractivity contribution in [2.75, 3.05) is 46.9 Å². The highest BCUT2D eigenvalue weighted by molar-refractivity contribution is 5.91. The van der Waals surface area contributed by atoms with Crippen molar-refractivity contribution in [3.05, 3.63) is 50.8 Å². The quantitative estimate of drug-likeness (QED) is 0.102. The van der Waals surface area contributed by atoms with E-state index in [4.69, 9.17) is 29.7 Å². The van der Waals surface area contributed by atoms with E-state index in [0.29, 0.717) is 60.6 Å². The minimum absolute atomic E-state index is 0.0780. The fraction of sp³-hybridized carbons (Fsp3) is 0.433. The summed E-state index contributed by atoms with van der Waals surface area (Å²) in [5, 5.41) is 13.7. The van der Waals surface area contributed by atoms with Crippen LogP contribution in [-0.4, -0.2) is 84.5 Å². The monoisotopic (exact) mass is 609 g/mol. The number of nitrogens with zero attached hydrogens (tertiary/aromatic N) is 3. The van der Waals surface area contributed by atoms with Gasteiger partial charge in [0.1, 0.15) is 19.4 Å². The lowest BCUT2D eigenvalue weighted by Crippen LogP contribution is -2.38. The number of hydrogen-bond donors (Lipinski definition) is 3. The standard InChI is InChI=1S/C30H35N5O9/c1-3-5-34(28(39)14-42-15-32-27(38)10-31)6-4-17-18-8-25-26(44-16-43-25)9-22(18)33-29-20(17)11-35-23(29)7-19(24(37)12-36)21(13-41-2)30(35)40/h7-9,12,24,37H,3-6,10-11,13-16,31H2,1-2H3,(H,32,38). The fourth-order valence-corrected chi connectivity index (χ4v) is 5.58. The van der Waals surface area contributed by atoms with Crippen molar-refractivity contribution in [1.82, 2.24) is 19.8 Å². The molecule has 14 heteroatoms. The molecule has 1 atom stereocenters. The summed E-state index contributed by atoms with van der Waals surface area (Å²) in [5.74, 6) is 0.490. The number of carbonyl (C=O) groups excluding carboxylic acids is 3. The molecule has 2 aliphatic rings. The van der Waals surface area contributed by atoms with E-state index in [2.05, 4.69) is 5.32 Å². The maximum absolute atomic E-state index is 13.6. The Labute approximate surface area is 252 Å². The summed E-state index contributed by atoms with van der Waals surface area (Å²) in [6.45, 7) is 2.49. The SMILES string of the molecule is CCCN(CCc1c2c(nc3cc4c(cc13)OCO4)-c1cc(C(O)C=O)c(COC)c(=O)n1C2)C(=O)COCNC(=O)CN. The minimum atomic E-state index is -1.50. The van der Waals surface area contributed by atoms with Crippen LogP contribution >= 0.6 is 0 Å². The summed E-state index contributed by atoms with van der Waals surface area (Å²) in [4.78, 5) is 56.2. The van der Waals surface area contributed by atoms with Gasteiger partial charge in [0.15, 0.2) is 17.8 Å². The molecular weight excluding hydrogens is 574 g/mol. The number of carbonyl (C=O) groups is 3. The van der Waals surface area contributed by atoms with Gasteiger partial charge in [-0.15, -0.1) is 0 Å². The zero-order valence-corrected chi connectivity index (χ0v) is 24.6. The minimum Gasteiger partial charge on any atom is -0.454 e. The fourth-order valence-electron chi connectivity index (χ4n) is 5.58.